The molecule has 8 nitrogen and oxygen atoms in total. The second kappa shape index (κ2) is 9.50. The molecule has 0 aliphatic heterocycles. The van der Waals surface area contributed by atoms with E-state index in [1.54, 1.807) is 32.9 Å². The van der Waals surface area contributed by atoms with Crippen molar-refractivity contribution in [3.8, 4) is 0 Å². The fourth-order valence-electron chi connectivity index (χ4n) is 1.97. The number of hydrogen-bond donors (Lipinski definition) is 2. The molecule has 25 heavy (non-hydrogen) atoms. The summed E-state index contributed by atoms with van der Waals surface area (Å²) in [5.74, 6) is -1.83. The van der Waals surface area contributed by atoms with Crippen molar-refractivity contribution < 1.29 is 32.6 Å². The van der Waals surface area contributed by atoms with Gasteiger partial charge in [-0.2, -0.15) is 4.72 Å². The molecule has 1 aromatic carbocycles. The molecule has 0 aromatic heterocycles. The minimum atomic E-state index is -4.04. The van der Waals surface area contributed by atoms with E-state index in [9.17, 15) is 23.1 Å². The van der Waals surface area contributed by atoms with Gasteiger partial charge >= 0.3 is 11.9 Å². The van der Waals surface area contributed by atoms with Gasteiger partial charge in [-0.15, -0.1) is 0 Å². The van der Waals surface area contributed by atoms with Gasteiger partial charge in [0.05, 0.1) is 18.1 Å². The average molecular weight is 373 g/mol. The number of sulfonamides is 1. The second-order valence-corrected chi connectivity index (χ2v) is 6.96. The normalized spacial score (nSPS) is 13.8. The Balaban J connectivity index is 2.97. The SMILES string of the molecule is CCOC(=O)[C@H](O)C[C@@H](NS(=O)(=O)c1ccc(C)cc1)C(=O)OCC. The van der Waals surface area contributed by atoms with Gasteiger partial charge in [0.15, 0.2) is 6.10 Å². The van der Waals surface area contributed by atoms with Crippen LogP contribution in [0.25, 0.3) is 0 Å². The van der Waals surface area contributed by atoms with E-state index in [2.05, 4.69) is 9.46 Å². The fourth-order valence-corrected chi connectivity index (χ4v) is 3.16. The molecule has 0 amide bonds. The Kier molecular flexibility index (Phi) is 8.01. The largest absolute Gasteiger partial charge is 0.465 e. The van der Waals surface area contributed by atoms with E-state index in [1.807, 2.05) is 0 Å². The topological polar surface area (TPSA) is 119 Å². The summed E-state index contributed by atoms with van der Waals surface area (Å²) in [4.78, 5) is 23.5. The van der Waals surface area contributed by atoms with Crippen LogP contribution in [0.2, 0.25) is 0 Å². The Hall–Kier alpha value is -1.97. The molecule has 0 unspecified atom stereocenters. The summed E-state index contributed by atoms with van der Waals surface area (Å²) in [5, 5.41) is 9.82. The van der Waals surface area contributed by atoms with E-state index in [-0.39, 0.29) is 18.1 Å². The zero-order chi connectivity index (χ0) is 19.0. The highest BCUT2D eigenvalue weighted by Crippen LogP contribution is 2.13. The Morgan fingerprint density at radius 2 is 1.60 bits per heavy atom. The number of rotatable bonds is 9. The molecular weight excluding hydrogens is 350 g/mol. The first kappa shape index (κ1) is 21.1. The highest BCUT2D eigenvalue weighted by Gasteiger charge is 2.31. The molecule has 0 bridgehead atoms. The lowest BCUT2D eigenvalue weighted by atomic mass is 10.1. The third-order valence-corrected chi connectivity index (χ3v) is 4.71. The zero-order valence-corrected chi connectivity index (χ0v) is 15.2. The molecule has 0 radical (unpaired) electrons. The van der Waals surface area contributed by atoms with Gasteiger partial charge in [0, 0.05) is 6.42 Å². The van der Waals surface area contributed by atoms with E-state index < -0.39 is 40.5 Å². The van der Waals surface area contributed by atoms with E-state index >= 15 is 0 Å². The number of nitrogens with one attached hydrogen (secondary N) is 1. The number of esters is 2. The van der Waals surface area contributed by atoms with Crippen molar-refractivity contribution in [3.05, 3.63) is 29.8 Å². The van der Waals surface area contributed by atoms with Gasteiger partial charge in [-0.1, -0.05) is 17.7 Å². The van der Waals surface area contributed by atoms with Gasteiger partial charge in [0.1, 0.15) is 6.04 Å². The molecule has 0 aliphatic carbocycles. The third kappa shape index (κ3) is 6.45. The number of carbonyl (C=O) groups excluding carboxylic acids is 2. The van der Waals surface area contributed by atoms with Crippen molar-refractivity contribution in [1.29, 1.82) is 0 Å². The smallest absolute Gasteiger partial charge is 0.335 e. The van der Waals surface area contributed by atoms with Gasteiger partial charge in [0.25, 0.3) is 0 Å². The quantitative estimate of drug-likeness (QED) is 0.606. The van der Waals surface area contributed by atoms with Crippen molar-refractivity contribution in [3.63, 3.8) is 0 Å². The minimum Gasteiger partial charge on any atom is -0.465 e. The summed E-state index contributed by atoms with van der Waals surface area (Å²) in [6.45, 7) is 5.01. The van der Waals surface area contributed by atoms with Crippen LogP contribution in [0.4, 0.5) is 0 Å². The number of carbonyl (C=O) groups is 2. The predicted molar refractivity (Wildman–Crippen MR) is 89.2 cm³/mol. The van der Waals surface area contributed by atoms with Gasteiger partial charge < -0.3 is 14.6 Å². The number of aliphatic hydroxyl groups excluding tert-OH is 1. The van der Waals surface area contributed by atoms with Crippen molar-refractivity contribution in [2.24, 2.45) is 0 Å². The summed E-state index contributed by atoms with van der Waals surface area (Å²) in [6.07, 6.45) is -2.15. The van der Waals surface area contributed by atoms with E-state index in [0.717, 1.165) is 5.56 Å². The Morgan fingerprint density at radius 3 is 2.12 bits per heavy atom. The van der Waals surface area contributed by atoms with Crippen molar-refractivity contribution in [2.45, 2.75) is 44.2 Å². The summed E-state index contributed by atoms with van der Waals surface area (Å²) in [6, 6.07) is 4.58. The van der Waals surface area contributed by atoms with Crippen LogP contribution in [0.1, 0.15) is 25.8 Å². The first-order valence-electron chi connectivity index (χ1n) is 7.81. The summed E-state index contributed by atoms with van der Waals surface area (Å²) >= 11 is 0. The monoisotopic (exact) mass is 373 g/mol. The Labute approximate surface area is 147 Å². The Bertz CT molecular complexity index is 685. The number of hydrogen-bond acceptors (Lipinski definition) is 7. The molecule has 0 saturated carbocycles. The van der Waals surface area contributed by atoms with Gasteiger partial charge in [0.2, 0.25) is 10.0 Å². The van der Waals surface area contributed by atoms with Gasteiger partial charge in [-0.3, -0.25) is 4.79 Å². The molecule has 0 heterocycles. The minimum absolute atomic E-state index is 0.0249. The summed E-state index contributed by atoms with van der Waals surface area (Å²) in [5.41, 5.74) is 0.874. The molecule has 9 heteroatoms. The van der Waals surface area contributed by atoms with Crippen molar-refractivity contribution in [1.82, 2.24) is 4.72 Å². The van der Waals surface area contributed by atoms with Crippen LogP contribution >= 0.6 is 0 Å². The molecule has 1 aromatic rings. The molecule has 0 fully saturated rings. The number of benzene rings is 1. The lowest BCUT2D eigenvalue weighted by molar-refractivity contribution is -0.155. The highest BCUT2D eigenvalue weighted by molar-refractivity contribution is 7.89. The first-order chi connectivity index (χ1) is 11.7. The molecule has 0 saturated heterocycles. The molecule has 2 N–H and O–H groups in total. The highest BCUT2D eigenvalue weighted by atomic mass is 32.2. The van der Waals surface area contributed by atoms with Crippen LogP contribution in [0.5, 0.6) is 0 Å². The van der Waals surface area contributed by atoms with E-state index in [1.165, 1.54) is 12.1 Å². The van der Waals surface area contributed by atoms with Crippen LogP contribution in [0.15, 0.2) is 29.2 Å². The lowest BCUT2D eigenvalue weighted by Gasteiger charge is -2.19. The van der Waals surface area contributed by atoms with Crippen LogP contribution in [-0.4, -0.2) is 50.8 Å². The molecule has 2 atom stereocenters. The lowest BCUT2D eigenvalue weighted by Crippen LogP contribution is -2.45. The third-order valence-electron chi connectivity index (χ3n) is 3.22. The molecule has 0 spiro atoms. The van der Waals surface area contributed by atoms with Crippen molar-refractivity contribution in [2.75, 3.05) is 13.2 Å². The average Bonchev–Trinajstić information content (AvgIpc) is 2.54. The Morgan fingerprint density at radius 1 is 1.08 bits per heavy atom. The van der Waals surface area contributed by atoms with E-state index in [0.29, 0.717) is 0 Å². The van der Waals surface area contributed by atoms with Crippen LogP contribution in [-0.2, 0) is 29.1 Å². The second-order valence-electron chi connectivity index (χ2n) is 5.24. The number of aliphatic hydroxyl groups is 1. The maximum absolute atomic E-state index is 12.4. The molecule has 1 rings (SSSR count). The number of aryl methyl sites for hydroxylation is 1. The van der Waals surface area contributed by atoms with Gasteiger partial charge in [-0.25, -0.2) is 13.2 Å². The predicted octanol–water partition coefficient (Wildman–Crippen LogP) is 0.519. The van der Waals surface area contributed by atoms with Crippen molar-refractivity contribution >= 4 is 22.0 Å². The molecule has 140 valence electrons. The van der Waals surface area contributed by atoms with E-state index in [4.69, 9.17) is 4.74 Å². The first-order valence-corrected chi connectivity index (χ1v) is 9.29. The van der Waals surface area contributed by atoms with Gasteiger partial charge in [-0.05, 0) is 32.9 Å². The maximum Gasteiger partial charge on any atom is 0.335 e. The number of ether oxygens (including phenoxy) is 2. The molecule has 0 aliphatic rings. The van der Waals surface area contributed by atoms with Crippen LogP contribution < -0.4 is 4.72 Å². The van der Waals surface area contributed by atoms with Crippen LogP contribution in [0.3, 0.4) is 0 Å². The standard InChI is InChI=1S/C16H23NO7S/c1-4-23-15(19)13(10-14(18)16(20)24-5-2)17-25(21,22)12-8-6-11(3)7-9-12/h6-9,13-14,17-18H,4-5,10H2,1-3H3/t13-,14-/m1/s1. The maximum atomic E-state index is 12.4. The summed E-state index contributed by atoms with van der Waals surface area (Å²) in [7, 11) is -4.04. The zero-order valence-electron chi connectivity index (χ0n) is 14.4. The van der Waals surface area contributed by atoms with Crippen LogP contribution in [0, 0.1) is 6.92 Å². The molecular formula is C16H23NO7S. The fraction of sp³-hybridized carbons (Fsp3) is 0.500. The summed E-state index contributed by atoms with van der Waals surface area (Å²) < 4.78 is 36.5.